The fourth-order valence-electron chi connectivity index (χ4n) is 6.38. The molecule has 0 aromatic heterocycles. The maximum Gasteiger partial charge on any atom is 0.326 e. The molecule has 0 fully saturated rings. The number of fused-ring (bicyclic) bond motifs is 1. The number of carbonyl (C=O) groups is 3. The SMILES string of the molecule is Cc1c(C)c2c(c(C)c1OCC(=O)N[C@@H](CCC(=O)S)C(=O)O)CC[C@@](C)(CCC[C@H](C)CCC[C@H](C)CCCC(C)C)O2. The van der Waals surface area contributed by atoms with Crippen LogP contribution in [-0.2, 0) is 20.8 Å². The van der Waals surface area contributed by atoms with E-state index in [9.17, 15) is 19.5 Å². The third-order valence-corrected chi connectivity index (χ3v) is 9.69. The van der Waals surface area contributed by atoms with Gasteiger partial charge in [0.05, 0.1) is 0 Å². The average Bonchev–Trinajstić information content (AvgIpc) is 2.93. The first kappa shape index (κ1) is 38.0. The van der Waals surface area contributed by atoms with Gasteiger partial charge in [0.2, 0.25) is 0 Å². The summed E-state index contributed by atoms with van der Waals surface area (Å²) >= 11 is 3.68. The number of carbonyl (C=O) groups excluding carboxylic acids is 2. The Hall–Kier alpha value is -2.22. The van der Waals surface area contributed by atoms with Crippen molar-refractivity contribution in [3.63, 3.8) is 0 Å². The van der Waals surface area contributed by atoms with E-state index in [1.807, 2.05) is 20.8 Å². The molecule has 0 radical (unpaired) electrons. The maximum atomic E-state index is 12.5. The van der Waals surface area contributed by atoms with Gasteiger partial charge in [0.15, 0.2) is 11.7 Å². The van der Waals surface area contributed by atoms with Crippen molar-refractivity contribution in [2.24, 2.45) is 17.8 Å². The van der Waals surface area contributed by atoms with Crippen LogP contribution in [0.5, 0.6) is 11.5 Å². The molecule has 0 saturated heterocycles. The summed E-state index contributed by atoms with van der Waals surface area (Å²) < 4.78 is 12.7. The van der Waals surface area contributed by atoms with E-state index in [1.54, 1.807) is 0 Å². The fraction of sp³-hybridized carbons (Fsp3) is 0.750. The summed E-state index contributed by atoms with van der Waals surface area (Å²) in [6, 6.07) is -1.17. The first-order valence-electron chi connectivity index (χ1n) is 16.8. The van der Waals surface area contributed by atoms with Crippen molar-refractivity contribution in [1.29, 1.82) is 0 Å². The number of benzene rings is 1. The van der Waals surface area contributed by atoms with Crippen molar-refractivity contribution in [2.75, 3.05) is 6.61 Å². The molecule has 0 saturated carbocycles. The molecular formula is C36H59NO6S. The first-order valence-corrected chi connectivity index (χ1v) is 17.3. The van der Waals surface area contributed by atoms with Crippen LogP contribution in [-0.4, -0.2) is 40.3 Å². The van der Waals surface area contributed by atoms with Crippen molar-refractivity contribution in [1.82, 2.24) is 5.32 Å². The molecule has 1 aromatic rings. The largest absolute Gasteiger partial charge is 0.487 e. The Morgan fingerprint density at radius 2 is 1.50 bits per heavy atom. The lowest BCUT2D eigenvalue weighted by atomic mass is 9.83. The Morgan fingerprint density at radius 1 is 0.909 bits per heavy atom. The van der Waals surface area contributed by atoms with Crippen LogP contribution in [0, 0.1) is 38.5 Å². The van der Waals surface area contributed by atoms with E-state index >= 15 is 0 Å². The molecule has 1 amide bonds. The Labute approximate surface area is 272 Å². The monoisotopic (exact) mass is 633 g/mol. The molecule has 1 aromatic carbocycles. The summed E-state index contributed by atoms with van der Waals surface area (Å²) in [7, 11) is 0. The Bertz CT molecular complexity index is 1120. The zero-order valence-electron chi connectivity index (χ0n) is 28.6. The molecule has 0 spiro atoms. The number of ether oxygens (including phenoxy) is 2. The van der Waals surface area contributed by atoms with Crippen LogP contribution < -0.4 is 14.8 Å². The predicted molar refractivity (Wildman–Crippen MR) is 181 cm³/mol. The number of aliphatic carboxylic acids is 1. The van der Waals surface area contributed by atoms with Gasteiger partial charge in [0, 0.05) is 12.0 Å². The Morgan fingerprint density at radius 3 is 2.07 bits per heavy atom. The van der Waals surface area contributed by atoms with Gasteiger partial charge in [-0.25, -0.2) is 4.79 Å². The van der Waals surface area contributed by atoms with E-state index in [-0.39, 0.29) is 25.0 Å². The maximum absolute atomic E-state index is 12.5. The number of carboxylic acids is 1. The first-order chi connectivity index (χ1) is 20.6. The second-order valence-corrected chi connectivity index (χ2v) is 14.6. The van der Waals surface area contributed by atoms with E-state index in [2.05, 4.69) is 52.6 Å². The zero-order chi connectivity index (χ0) is 33.0. The summed E-state index contributed by atoms with van der Waals surface area (Å²) in [6.07, 6.45) is 13.2. The molecule has 0 aliphatic carbocycles. The Kier molecular flexibility index (Phi) is 15.6. The second kappa shape index (κ2) is 18.1. The average molecular weight is 634 g/mol. The van der Waals surface area contributed by atoms with Gasteiger partial charge < -0.3 is 19.9 Å². The summed E-state index contributed by atoms with van der Waals surface area (Å²) in [5, 5.41) is 11.4. The van der Waals surface area contributed by atoms with Crippen molar-refractivity contribution < 1.29 is 29.0 Å². The highest BCUT2D eigenvalue weighted by atomic mass is 32.1. The quantitative estimate of drug-likeness (QED) is 0.125. The lowest BCUT2D eigenvalue weighted by Gasteiger charge is -2.38. The summed E-state index contributed by atoms with van der Waals surface area (Å²) in [6.45, 7) is 17.4. The van der Waals surface area contributed by atoms with Gasteiger partial charge in [-0.15, -0.1) is 12.6 Å². The van der Waals surface area contributed by atoms with Crippen molar-refractivity contribution in [3.05, 3.63) is 22.3 Å². The standard InChI is InChI=1S/C36H59NO6S/c1-23(2)12-9-13-24(3)14-10-15-25(4)16-11-20-36(8)21-19-29-28(7)33(26(5)27(6)34(29)43-36)42-22-31(38)37-30(35(40)41)17-18-32(39)44/h23-25,30H,9-22H2,1-8H3,(H,37,38)(H,39,44)(H,40,41)/t24-,25-,30+,36-/m1/s1. The molecule has 7 nitrogen and oxygen atoms in total. The number of carboxylic acid groups (broad SMARTS) is 1. The number of nitrogens with one attached hydrogen (secondary N) is 1. The number of amides is 1. The van der Waals surface area contributed by atoms with Crippen LogP contribution in [0.3, 0.4) is 0 Å². The highest BCUT2D eigenvalue weighted by Gasteiger charge is 2.34. The predicted octanol–water partition coefficient (Wildman–Crippen LogP) is 8.32. The molecule has 44 heavy (non-hydrogen) atoms. The van der Waals surface area contributed by atoms with Crippen molar-refractivity contribution in [2.45, 2.75) is 151 Å². The van der Waals surface area contributed by atoms with E-state index in [0.717, 1.165) is 71.4 Å². The van der Waals surface area contributed by atoms with E-state index in [0.29, 0.717) is 5.75 Å². The molecule has 1 aliphatic rings. The Balaban J connectivity index is 1.90. The minimum atomic E-state index is -1.20. The van der Waals surface area contributed by atoms with Crippen LogP contribution >= 0.6 is 12.6 Å². The van der Waals surface area contributed by atoms with E-state index in [4.69, 9.17) is 9.47 Å². The number of thiol groups is 1. The van der Waals surface area contributed by atoms with Gasteiger partial charge in [0.25, 0.3) is 5.91 Å². The van der Waals surface area contributed by atoms with Crippen LogP contribution in [0.1, 0.15) is 134 Å². The van der Waals surface area contributed by atoms with Gasteiger partial charge in [-0.3, -0.25) is 9.59 Å². The van der Waals surface area contributed by atoms with Crippen LogP contribution in [0.25, 0.3) is 0 Å². The molecular weight excluding hydrogens is 574 g/mol. The zero-order valence-corrected chi connectivity index (χ0v) is 29.5. The molecule has 4 atom stereocenters. The molecule has 1 aliphatic heterocycles. The van der Waals surface area contributed by atoms with E-state index in [1.165, 1.54) is 44.9 Å². The normalized spacial score (nSPS) is 18.2. The van der Waals surface area contributed by atoms with Crippen LogP contribution in [0.2, 0.25) is 0 Å². The van der Waals surface area contributed by atoms with Gasteiger partial charge in [0.1, 0.15) is 23.1 Å². The number of rotatable bonds is 20. The van der Waals surface area contributed by atoms with Crippen LogP contribution in [0.15, 0.2) is 0 Å². The highest BCUT2D eigenvalue weighted by Crippen LogP contribution is 2.45. The second-order valence-electron chi connectivity index (χ2n) is 14.1. The minimum Gasteiger partial charge on any atom is -0.487 e. The highest BCUT2D eigenvalue weighted by molar-refractivity contribution is 7.96. The molecule has 2 N–H and O–H groups in total. The summed E-state index contributed by atoms with van der Waals surface area (Å²) in [4.78, 5) is 35.1. The smallest absolute Gasteiger partial charge is 0.326 e. The molecule has 1 heterocycles. The van der Waals surface area contributed by atoms with Gasteiger partial charge in [-0.2, -0.15) is 0 Å². The van der Waals surface area contributed by atoms with Gasteiger partial charge >= 0.3 is 5.97 Å². The number of hydrogen-bond acceptors (Lipinski definition) is 5. The molecule has 0 bridgehead atoms. The van der Waals surface area contributed by atoms with Gasteiger partial charge in [-0.05, 0) is 94.2 Å². The molecule has 8 heteroatoms. The lowest BCUT2D eigenvalue weighted by molar-refractivity contribution is -0.142. The fourth-order valence-corrected chi connectivity index (χ4v) is 6.50. The molecule has 0 unspecified atom stereocenters. The van der Waals surface area contributed by atoms with Crippen molar-refractivity contribution >= 4 is 29.6 Å². The van der Waals surface area contributed by atoms with Gasteiger partial charge in [-0.1, -0.05) is 72.6 Å². The number of hydrogen-bond donors (Lipinski definition) is 3. The summed E-state index contributed by atoms with van der Waals surface area (Å²) in [5.74, 6) is 2.21. The molecule has 250 valence electrons. The van der Waals surface area contributed by atoms with Crippen LogP contribution in [0.4, 0.5) is 0 Å². The minimum absolute atomic E-state index is 0.0214. The summed E-state index contributed by atoms with van der Waals surface area (Å²) in [5.41, 5.74) is 3.80. The molecule has 2 rings (SSSR count). The van der Waals surface area contributed by atoms with Crippen molar-refractivity contribution in [3.8, 4) is 11.5 Å². The van der Waals surface area contributed by atoms with E-state index < -0.39 is 23.0 Å². The topological polar surface area (TPSA) is 102 Å². The lowest BCUT2D eigenvalue weighted by Crippen LogP contribution is -2.43. The third-order valence-electron chi connectivity index (χ3n) is 9.47. The third kappa shape index (κ3) is 12.3.